The molecule has 158 valence electrons. The molecule has 1 aliphatic rings. The van der Waals surface area contributed by atoms with E-state index in [4.69, 9.17) is 4.74 Å². The van der Waals surface area contributed by atoms with Crippen molar-refractivity contribution in [1.82, 2.24) is 10.0 Å². The van der Waals surface area contributed by atoms with Crippen LogP contribution in [0.5, 0.6) is 0 Å². The average Bonchev–Trinajstić information content (AvgIpc) is 2.68. The van der Waals surface area contributed by atoms with Gasteiger partial charge in [0.1, 0.15) is 0 Å². The molecule has 1 heterocycles. The monoisotopic (exact) mass is 420 g/mol. The van der Waals surface area contributed by atoms with Gasteiger partial charge in [0.2, 0.25) is 5.91 Å². The second-order valence-corrected chi connectivity index (χ2v) is 8.17. The molecule has 1 N–H and O–H groups in total. The molecule has 8 heteroatoms. The van der Waals surface area contributed by atoms with E-state index >= 15 is 0 Å². The van der Waals surface area contributed by atoms with Crippen LogP contribution in [0.3, 0.4) is 0 Å². The number of ether oxygens (including phenoxy) is 1. The Morgan fingerprint density at radius 2 is 1.93 bits per heavy atom. The highest BCUT2D eigenvalue weighted by molar-refractivity contribution is 8.03. The Hall–Kier alpha value is -2.32. The van der Waals surface area contributed by atoms with Crippen LogP contribution in [0.4, 0.5) is 0 Å². The minimum atomic E-state index is -1.61. The van der Waals surface area contributed by atoms with Crippen molar-refractivity contribution in [3.05, 3.63) is 47.5 Å². The van der Waals surface area contributed by atoms with E-state index in [9.17, 15) is 19.5 Å². The summed E-state index contributed by atoms with van der Waals surface area (Å²) in [6.45, 7) is 6.56. The number of aliphatic hydroxyl groups excluding tert-OH is 1. The summed E-state index contributed by atoms with van der Waals surface area (Å²) in [6, 6.07) is 8.19. The van der Waals surface area contributed by atoms with Gasteiger partial charge in [0.05, 0.1) is 17.4 Å². The molecule has 1 aromatic rings. The van der Waals surface area contributed by atoms with E-state index in [0.717, 1.165) is 5.56 Å². The zero-order valence-corrected chi connectivity index (χ0v) is 18.0. The number of amides is 2. The van der Waals surface area contributed by atoms with E-state index in [1.165, 1.54) is 34.9 Å². The molecule has 0 radical (unpaired) electrons. The maximum atomic E-state index is 12.9. The second kappa shape index (κ2) is 10.5. The van der Waals surface area contributed by atoms with Gasteiger partial charge in [0, 0.05) is 13.1 Å². The Morgan fingerprint density at radius 3 is 2.48 bits per heavy atom. The van der Waals surface area contributed by atoms with Gasteiger partial charge >= 0.3 is 5.97 Å². The van der Waals surface area contributed by atoms with E-state index in [2.05, 4.69) is 0 Å². The molecule has 0 bridgehead atoms. The van der Waals surface area contributed by atoms with E-state index in [0.29, 0.717) is 6.42 Å². The van der Waals surface area contributed by atoms with Gasteiger partial charge in [-0.25, -0.2) is 14.8 Å². The van der Waals surface area contributed by atoms with Gasteiger partial charge in [0.25, 0.3) is 5.91 Å². The molecule has 7 nitrogen and oxygen atoms in total. The lowest BCUT2D eigenvalue weighted by molar-refractivity contribution is -0.176. The first-order chi connectivity index (χ1) is 13.8. The van der Waals surface area contributed by atoms with Gasteiger partial charge in [0.15, 0.2) is 6.10 Å². The third-order valence-electron chi connectivity index (χ3n) is 4.43. The quantitative estimate of drug-likeness (QED) is 0.650. The van der Waals surface area contributed by atoms with Crippen LogP contribution in [0, 0.1) is 0 Å². The average molecular weight is 421 g/mol. The lowest BCUT2D eigenvalue weighted by atomic mass is 10.00. The number of nitrogens with zero attached hydrogens (tertiary/aromatic N) is 2. The van der Waals surface area contributed by atoms with Crippen LogP contribution < -0.4 is 0 Å². The van der Waals surface area contributed by atoms with E-state index < -0.39 is 30.1 Å². The molecule has 2 amide bonds. The second-order valence-electron chi connectivity index (χ2n) is 7.05. The van der Waals surface area contributed by atoms with Crippen LogP contribution in [0.25, 0.3) is 0 Å². The summed E-state index contributed by atoms with van der Waals surface area (Å²) in [6.07, 6.45) is 0.238. The van der Waals surface area contributed by atoms with Gasteiger partial charge < -0.3 is 9.84 Å². The minimum absolute atomic E-state index is 0.177. The number of hydrogen-bond acceptors (Lipinski definition) is 6. The van der Waals surface area contributed by atoms with Crippen molar-refractivity contribution in [2.75, 3.05) is 0 Å². The number of aliphatic hydroxyl groups is 1. The van der Waals surface area contributed by atoms with Gasteiger partial charge in [-0.2, -0.15) is 0 Å². The minimum Gasteiger partial charge on any atom is -0.461 e. The van der Waals surface area contributed by atoms with Crippen LogP contribution in [0.2, 0.25) is 0 Å². The van der Waals surface area contributed by atoms with Crippen molar-refractivity contribution >= 4 is 29.5 Å². The Morgan fingerprint density at radius 1 is 1.28 bits per heavy atom. The molecule has 29 heavy (non-hydrogen) atoms. The highest BCUT2D eigenvalue weighted by atomic mass is 32.2. The summed E-state index contributed by atoms with van der Waals surface area (Å²) in [7, 11) is 0. The first-order valence-electron chi connectivity index (χ1n) is 9.63. The zero-order chi connectivity index (χ0) is 21.6. The fourth-order valence-electron chi connectivity index (χ4n) is 3.11. The zero-order valence-electron chi connectivity index (χ0n) is 17.1. The topological polar surface area (TPSA) is 87.2 Å². The molecule has 1 aliphatic heterocycles. The van der Waals surface area contributed by atoms with Gasteiger partial charge in [-0.15, -0.1) is 11.8 Å². The summed E-state index contributed by atoms with van der Waals surface area (Å²) >= 11 is 1.38. The number of esters is 1. The number of thioether (sulfide) groups is 1. The SMILES string of the molecule is CCC1SC=CN(N(C(C)=O)[C@@H](Cc2ccccc2)C(O)C(=O)OC(C)C)C1=O. The molecule has 0 fully saturated rings. The summed E-state index contributed by atoms with van der Waals surface area (Å²) in [4.78, 5) is 37.9. The van der Waals surface area contributed by atoms with Crippen molar-refractivity contribution in [2.24, 2.45) is 0 Å². The predicted molar refractivity (Wildman–Crippen MR) is 111 cm³/mol. The number of hydrazine groups is 1. The molecular formula is C21H28N2O5S. The Kier molecular flexibility index (Phi) is 8.28. The highest BCUT2D eigenvalue weighted by Gasteiger charge is 2.40. The number of hydrogen-bond donors (Lipinski definition) is 1. The lowest BCUT2D eigenvalue weighted by Crippen LogP contribution is -2.59. The summed E-state index contributed by atoms with van der Waals surface area (Å²) in [5.74, 6) is -1.55. The van der Waals surface area contributed by atoms with Crippen molar-refractivity contribution < 1.29 is 24.2 Å². The fraction of sp³-hybridized carbons (Fsp3) is 0.476. The molecule has 0 saturated heterocycles. The lowest BCUT2D eigenvalue weighted by Gasteiger charge is -2.41. The van der Waals surface area contributed by atoms with E-state index in [-0.39, 0.29) is 17.6 Å². The Bertz CT molecular complexity index is 753. The van der Waals surface area contributed by atoms with Crippen molar-refractivity contribution in [2.45, 2.75) is 64.0 Å². The molecule has 1 aromatic carbocycles. The molecule has 0 spiro atoms. The first kappa shape index (κ1) is 23.0. The van der Waals surface area contributed by atoms with E-state index in [1.807, 2.05) is 37.3 Å². The van der Waals surface area contributed by atoms with Gasteiger partial charge in [-0.05, 0) is 37.7 Å². The van der Waals surface area contributed by atoms with Crippen LogP contribution in [-0.4, -0.2) is 56.4 Å². The van der Waals surface area contributed by atoms with Crippen LogP contribution in [0.1, 0.15) is 39.7 Å². The number of carbonyl (C=O) groups is 3. The molecule has 2 rings (SSSR count). The number of benzene rings is 1. The van der Waals surface area contributed by atoms with Crippen molar-refractivity contribution in [1.29, 1.82) is 0 Å². The van der Waals surface area contributed by atoms with E-state index in [1.54, 1.807) is 19.3 Å². The first-order valence-corrected chi connectivity index (χ1v) is 10.6. The fourth-order valence-corrected chi connectivity index (χ4v) is 3.90. The molecule has 0 aromatic heterocycles. The molecular weight excluding hydrogens is 392 g/mol. The normalized spacial score (nSPS) is 18.5. The van der Waals surface area contributed by atoms with Gasteiger partial charge in [-0.1, -0.05) is 37.3 Å². The largest absolute Gasteiger partial charge is 0.461 e. The smallest absolute Gasteiger partial charge is 0.337 e. The molecule has 0 saturated carbocycles. The van der Waals surface area contributed by atoms with Crippen LogP contribution >= 0.6 is 11.8 Å². The standard InChI is InChI=1S/C21H28N2O5S/c1-5-18-20(26)22(11-12-29-18)23(15(4)24)17(13-16-9-7-6-8-10-16)19(25)21(27)28-14(2)3/h6-12,14,17-19,25H,5,13H2,1-4H3/t17-,18?,19?/m0/s1. The molecule has 0 aliphatic carbocycles. The summed E-state index contributed by atoms with van der Waals surface area (Å²) < 4.78 is 5.16. The van der Waals surface area contributed by atoms with Crippen LogP contribution in [0.15, 0.2) is 41.9 Å². The van der Waals surface area contributed by atoms with Crippen molar-refractivity contribution in [3.63, 3.8) is 0 Å². The maximum Gasteiger partial charge on any atom is 0.337 e. The third kappa shape index (κ3) is 5.83. The van der Waals surface area contributed by atoms with Crippen LogP contribution in [-0.2, 0) is 25.5 Å². The number of rotatable bonds is 8. The third-order valence-corrected chi connectivity index (χ3v) is 5.57. The van der Waals surface area contributed by atoms with Crippen molar-refractivity contribution in [3.8, 4) is 0 Å². The summed E-state index contributed by atoms with van der Waals surface area (Å²) in [5.41, 5.74) is 0.815. The van der Waals surface area contributed by atoms with Gasteiger partial charge in [-0.3, -0.25) is 9.59 Å². The Balaban J connectivity index is 2.43. The molecule has 3 atom stereocenters. The maximum absolute atomic E-state index is 12.9. The molecule has 2 unspecified atom stereocenters. The Labute approximate surface area is 175 Å². The summed E-state index contributed by atoms with van der Waals surface area (Å²) in [5, 5.41) is 14.6. The number of carbonyl (C=O) groups excluding carboxylic acids is 3. The highest BCUT2D eigenvalue weighted by Crippen LogP contribution is 2.27. The predicted octanol–water partition coefficient (Wildman–Crippen LogP) is 2.50.